The van der Waals surface area contributed by atoms with E-state index in [0.29, 0.717) is 6.61 Å². The fourth-order valence-corrected chi connectivity index (χ4v) is 3.55. The molecule has 0 aliphatic carbocycles. The van der Waals surface area contributed by atoms with E-state index in [1.54, 1.807) is 21.6 Å². The topological polar surface area (TPSA) is 21.6 Å². The Hall–Kier alpha value is -1.53. The summed E-state index contributed by atoms with van der Waals surface area (Å²) in [4.78, 5) is 4.35. The van der Waals surface area contributed by atoms with Crippen LogP contribution in [0.15, 0.2) is 47.5 Å². The molecular weight excluding hydrogens is 336 g/mol. The second-order valence-corrected chi connectivity index (χ2v) is 7.59. The molecule has 120 valence electrons. The van der Waals surface area contributed by atoms with E-state index < -0.39 is 11.6 Å². The van der Waals surface area contributed by atoms with Gasteiger partial charge in [0.15, 0.2) is 0 Å². The van der Waals surface area contributed by atoms with Crippen LogP contribution in [-0.2, 0) is 10.5 Å². The molecule has 1 aliphatic rings. The third-order valence-corrected chi connectivity index (χ3v) is 5.28. The van der Waals surface area contributed by atoms with Crippen LogP contribution in [0.4, 0.5) is 8.78 Å². The molecule has 0 bridgehead atoms. The average Bonchev–Trinajstić information content (AvgIpc) is 3.03. The summed E-state index contributed by atoms with van der Waals surface area (Å²) in [7, 11) is 3.51. The lowest BCUT2D eigenvalue weighted by Gasteiger charge is -2.06. The summed E-state index contributed by atoms with van der Waals surface area (Å²) in [5.74, 6) is -0.340. The molecule has 2 nitrogen and oxygen atoms in total. The monoisotopic (exact) mass is 351 g/mol. The Balaban J connectivity index is 1.79. The Morgan fingerprint density at radius 3 is 2.48 bits per heavy atom. The van der Waals surface area contributed by atoms with Gasteiger partial charge in [-0.25, -0.2) is 13.8 Å². The maximum Gasteiger partial charge on any atom is 0.222 e. The zero-order valence-electron chi connectivity index (χ0n) is 12.5. The van der Waals surface area contributed by atoms with Crippen LogP contribution in [0.3, 0.4) is 0 Å². The van der Waals surface area contributed by atoms with Gasteiger partial charge in [0, 0.05) is 5.75 Å². The molecule has 1 heterocycles. The van der Waals surface area contributed by atoms with E-state index in [1.807, 2.05) is 18.4 Å². The predicted octanol–water partition coefficient (Wildman–Crippen LogP) is 4.99. The van der Waals surface area contributed by atoms with Gasteiger partial charge in [-0.15, -0.1) is 0 Å². The second kappa shape index (κ2) is 7.36. The van der Waals surface area contributed by atoms with Gasteiger partial charge in [0.05, 0.1) is 0 Å². The molecule has 0 amide bonds. The van der Waals surface area contributed by atoms with Gasteiger partial charge in [0.1, 0.15) is 29.8 Å². The van der Waals surface area contributed by atoms with Crippen LogP contribution in [0.2, 0.25) is 0 Å². The van der Waals surface area contributed by atoms with E-state index in [1.165, 1.54) is 23.8 Å². The highest BCUT2D eigenvalue weighted by molar-refractivity contribution is 8.76. The third kappa shape index (κ3) is 3.70. The Morgan fingerprint density at radius 1 is 1.13 bits per heavy atom. The number of ether oxygens (including phenoxy) is 1. The molecule has 1 atom stereocenters. The summed E-state index contributed by atoms with van der Waals surface area (Å²) in [6, 6.07) is 11.6. The van der Waals surface area contributed by atoms with Crippen LogP contribution in [0.25, 0.3) is 0 Å². The van der Waals surface area contributed by atoms with Crippen molar-refractivity contribution in [2.45, 2.75) is 11.8 Å². The van der Waals surface area contributed by atoms with Crippen LogP contribution >= 0.6 is 21.6 Å². The first kappa shape index (κ1) is 16.3. The minimum Gasteiger partial charge on any atom is -0.475 e. The van der Waals surface area contributed by atoms with Crippen molar-refractivity contribution in [1.82, 2.24) is 0 Å². The normalized spacial score (nSPS) is 17.0. The first-order valence-electron chi connectivity index (χ1n) is 7.08. The van der Waals surface area contributed by atoms with Crippen LogP contribution in [0, 0.1) is 11.6 Å². The predicted molar refractivity (Wildman–Crippen MR) is 92.8 cm³/mol. The van der Waals surface area contributed by atoms with Crippen molar-refractivity contribution in [3.05, 3.63) is 70.8 Å². The summed E-state index contributed by atoms with van der Waals surface area (Å²) in [5.41, 5.74) is 2.02. The molecule has 0 N–H and O–H groups in total. The van der Waals surface area contributed by atoms with Crippen molar-refractivity contribution < 1.29 is 13.5 Å². The molecule has 0 saturated heterocycles. The van der Waals surface area contributed by atoms with Gasteiger partial charge in [0.25, 0.3) is 0 Å². The van der Waals surface area contributed by atoms with E-state index in [0.717, 1.165) is 11.3 Å². The number of rotatable bonds is 5. The van der Waals surface area contributed by atoms with Crippen molar-refractivity contribution in [3.63, 3.8) is 0 Å². The van der Waals surface area contributed by atoms with Gasteiger partial charge in [-0.3, -0.25) is 0 Å². The molecule has 1 unspecified atom stereocenters. The lowest BCUT2D eigenvalue weighted by Crippen LogP contribution is -2.07. The fourth-order valence-electron chi connectivity index (χ4n) is 2.35. The Labute approximate surface area is 141 Å². The van der Waals surface area contributed by atoms with Gasteiger partial charge in [-0.1, -0.05) is 51.9 Å². The van der Waals surface area contributed by atoms with Crippen LogP contribution < -0.4 is 0 Å². The van der Waals surface area contributed by atoms with Crippen molar-refractivity contribution in [1.29, 1.82) is 0 Å². The van der Waals surface area contributed by atoms with E-state index >= 15 is 0 Å². The summed E-state index contributed by atoms with van der Waals surface area (Å²) in [6.45, 7) is 0.294. The highest BCUT2D eigenvalue weighted by atomic mass is 33.1. The first-order valence-corrected chi connectivity index (χ1v) is 9.81. The van der Waals surface area contributed by atoms with Crippen LogP contribution in [-0.4, -0.2) is 18.8 Å². The molecular formula is C17H15F2NOS2. The van der Waals surface area contributed by atoms with E-state index in [-0.39, 0.29) is 17.5 Å². The fraction of sp³-hybridized carbons (Fsp3) is 0.235. The lowest BCUT2D eigenvalue weighted by atomic mass is 10.1. The summed E-state index contributed by atoms with van der Waals surface area (Å²) in [5, 5.41) is 0. The maximum atomic E-state index is 13.8. The Bertz CT molecular complexity index is 699. The van der Waals surface area contributed by atoms with Gasteiger partial charge < -0.3 is 4.74 Å². The number of nitrogens with zero attached hydrogens (tertiary/aromatic N) is 1. The number of benzene rings is 2. The molecule has 6 heteroatoms. The zero-order valence-corrected chi connectivity index (χ0v) is 14.1. The SMILES string of the molecule is CSSCc1ccc(C2COC(c3c(F)cccc3F)=N2)cc1. The highest BCUT2D eigenvalue weighted by Gasteiger charge is 2.25. The minimum absolute atomic E-state index is 0.0348. The minimum atomic E-state index is -0.658. The molecule has 0 radical (unpaired) electrons. The second-order valence-electron chi connectivity index (χ2n) is 5.03. The molecule has 23 heavy (non-hydrogen) atoms. The summed E-state index contributed by atoms with van der Waals surface area (Å²) < 4.78 is 33.0. The van der Waals surface area contributed by atoms with Crippen molar-refractivity contribution in [3.8, 4) is 0 Å². The molecule has 0 fully saturated rings. The van der Waals surface area contributed by atoms with Crippen molar-refractivity contribution >= 4 is 27.5 Å². The van der Waals surface area contributed by atoms with Gasteiger partial charge in [0.2, 0.25) is 5.90 Å². The zero-order chi connectivity index (χ0) is 16.2. The molecule has 3 rings (SSSR count). The lowest BCUT2D eigenvalue weighted by molar-refractivity contribution is 0.317. The van der Waals surface area contributed by atoms with Gasteiger partial charge >= 0.3 is 0 Å². The highest BCUT2D eigenvalue weighted by Crippen LogP contribution is 2.28. The molecule has 0 aromatic heterocycles. The maximum absolute atomic E-state index is 13.8. The quantitative estimate of drug-likeness (QED) is 0.708. The smallest absolute Gasteiger partial charge is 0.222 e. The molecule has 0 spiro atoms. The number of halogens is 2. The largest absolute Gasteiger partial charge is 0.475 e. The number of aliphatic imine (C=N–C) groups is 1. The molecule has 2 aromatic carbocycles. The van der Waals surface area contributed by atoms with Gasteiger partial charge in [-0.2, -0.15) is 0 Å². The molecule has 2 aromatic rings. The number of hydrogen-bond acceptors (Lipinski definition) is 4. The first-order chi connectivity index (χ1) is 11.2. The Kier molecular flexibility index (Phi) is 5.23. The van der Waals surface area contributed by atoms with E-state index in [4.69, 9.17) is 4.74 Å². The third-order valence-electron chi connectivity index (χ3n) is 3.54. The van der Waals surface area contributed by atoms with Crippen molar-refractivity contribution in [2.75, 3.05) is 12.9 Å². The van der Waals surface area contributed by atoms with Crippen LogP contribution in [0.5, 0.6) is 0 Å². The molecule has 0 saturated carbocycles. The standard InChI is InChI=1S/C17H15F2NOS2/c1-22-23-10-11-5-7-12(8-6-11)15-9-21-17(20-15)16-13(18)3-2-4-14(16)19/h2-8,15H,9-10H2,1H3. The number of hydrogen-bond donors (Lipinski definition) is 0. The van der Waals surface area contributed by atoms with E-state index in [9.17, 15) is 8.78 Å². The van der Waals surface area contributed by atoms with Crippen LogP contribution in [0.1, 0.15) is 22.7 Å². The van der Waals surface area contributed by atoms with Gasteiger partial charge in [-0.05, 0) is 29.5 Å². The summed E-state index contributed by atoms with van der Waals surface area (Å²) in [6.07, 6.45) is 2.05. The Morgan fingerprint density at radius 2 is 1.83 bits per heavy atom. The van der Waals surface area contributed by atoms with Crippen molar-refractivity contribution in [2.24, 2.45) is 4.99 Å². The van der Waals surface area contributed by atoms with E-state index in [2.05, 4.69) is 17.1 Å². The molecule has 1 aliphatic heterocycles. The summed E-state index contributed by atoms with van der Waals surface area (Å²) >= 11 is 0. The average molecular weight is 351 g/mol.